The fourth-order valence-corrected chi connectivity index (χ4v) is 4.64. The van der Waals surface area contributed by atoms with Gasteiger partial charge in [0.2, 0.25) is 5.54 Å². The lowest BCUT2D eigenvalue weighted by Gasteiger charge is -2.31. The summed E-state index contributed by atoms with van der Waals surface area (Å²) in [5.74, 6) is -0.841. The van der Waals surface area contributed by atoms with Crippen LogP contribution in [0.15, 0.2) is 48.5 Å². The Labute approximate surface area is 242 Å². The molecule has 10 nitrogen and oxygen atoms in total. The number of halogens is 4. The first-order chi connectivity index (χ1) is 20.2. The molecule has 228 valence electrons. The summed E-state index contributed by atoms with van der Waals surface area (Å²) >= 11 is 0. The van der Waals surface area contributed by atoms with Crippen molar-refractivity contribution in [3.05, 3.63) is 71.2 Å². The van der Waals surface area contributed by atoms with Crippen LogP contribution in [0, 0.1) is 5.82 Å². The van der Waals surface area contributed by atoms with Gasteiger partial charge in [-0.2, -0.15) is 13.2 Å². The average Bonchev–Trinajstić information content (AvgIpc) is 3.69. The molecule has 43 heavy (non-hydrogen) atoms. The van der Waals surface area contributed by atoms with Crippen LogP contribution in [0.4, 0.5) is 22.4 Å². The number of hydrogen-bond donors (Lipinski definition) is 4. The summed E-state index contributed by atoms with van der Waals surface area (Å²) in [6.07, 6.45) is -5.19. The normalized spacial score (nSPS) is 19.0. The molecular weight excluding hydrogens is 578 g/mol. The maximum atomic E-state index is 14.5. The number of nitrogens with zero attached hydrogens (tertiary/aromatic N) is 1. The van der Waals surface area contributed by atoms with Crippen molar-refractivity contribution in [2.75, 3.05) is 20.3 Å². The van der Waals surface area contributed by atoms with E-state index in [-0.39, 0.29) is 34.4 Å². The average molecular weight is 606 g/mol. The Balaban J connectivity index is 1.50. The van der Waals surface area contributed by atoms with Crippen molar-refractivity contribution in [2.24, 2.45) is 0 Å². The molecule has 1 fully saturated rings. The van der Waals surface area contributed by atoms with Crippen LogP contribution in [0.5, 0.6) is 17.2 Å². The molecular formula is C29H27F4N3O7. The number of alkyl halides is 3. The Morgan fingerprint density at radius 1 is 1.12 bits per heavy atom. The van der Waals surface area contributed by atoms with Gasteiger partial charge in [-0.15, -0.1) is 0 Å². The highest BCUT2D eigenvalue weighted by Crippen LogP contribution is 2.51. The third-order valence-electron chi connectivity index (χ3n) is 7.18. The molecule has 0 saturated heterocycles. The van der Waals surface area contributed by atoms with Crippen LogP contribution in [-0.2, 0) is 11.1 Å². The number of carbonyl (C=O) groups excluding carboxylic acids is 1. The quantitative estimate of drug-likeness (QED) is 0.262. The minimum atomic E-state index is -5.16. The van der Waals surface area contributed by atoms with Gasteiger partial charge in [0.15, 0.2) is 17.2 Å². The highest BCUT2D eigenvalue weighted by atomic mass is 19.4. The summed E-state index contributed by atoms with van der Waals surface area (Å²) < 4.78 is 73.5. The van der Waals surface area contributed by atoms with Gasteiger partial charge in [0.05, 0.1) is 25.5 Å². The largest absolute Gasteiger partial charge is 0.493 e. The van der Waals surface area contributed by atoms with Crippen LogP contribution >= 0.6 is 0 Å². The Morgan fingerprint density at radius 3 is 2.42 bits per heavy atom. The summed E-state index contributed by atoms with van der Waals surface area (Å²) in [5, 5.41) is 24.8. The summed E-state index contributed by atoms with van der Waals surface area (Å²) in [6, 6.07) is 10.0. The van der Waals surface area contributed by atoms with E-state index >= 15 is 0 Å². The molecule has 14 heteroatoms. The number of carboxylic acid groups (broad SMARTS) is 1. The maximum Gasteiger partial charge on any atom is 0.419 e. The van der Waals surface area contributed by atoms with Crippen LogP contribution < -0.4 is 24.8 Å². The zero-order valence-electron chi connectivity index (χ0n) is 22.9. The van der Waals surface area contributed by atoms with Gasteiger partial charge >= 0.3 is 12.3 Å². The van der Waals surface area contributed by atoms with E-state index in [0.29, 0.717) is 11.5 Å². The second-order valence-corrected chi connectivity index (χ2v) is 10.5. The third kappa shape index (κ3) is 5.87. The van der Waals surface area contributed by atoms with E-state index in [1.54, 1.807) is 6.07 Å². The number of hydrogen-bond acceptors (Lipinski definition) is 7. The molecule has 2 atom stereocenters. The van der Waals surface area contributed by atoms with Crippen molar-refractivity contribution >= 4 is 12.0 Å². The Hall–Kier alpha value is -4.59. The van der Waals surface area contributed by atoms with Gasteiger partial charge in [0.25, 0.3) is 5.91 Å². The molecule has 2 aliphatic rings. The first-order valence-electron chi connectivity index (χ1n) is 13.1. The minimum absolute atomic E-state index is 0.0930. The summed E-state index contributed by atoms with van der Waals surface area (Å²) in [6.45, 7) is -0.423. The highest BCUT2D eigenvalue weighted by Gasteiger charge is 2.63. The minimum Gasteiger partial charge on any atom is -0.493 e. The van der Waals surface area contributed by atoms with Gasteiger partial charge in [-0.1, -0.05) is 0 Å². The summed E-state index contributed by atoms with van der Waals surface area (Å²) in [7, 11) is 1.42. The van der Waals surface area contributed by atoms with Gasteiger partial charge in [0.1, 0.15) is 23.7 Å². The summed E-state index contributed by atoms with van der Waals surface area (Å²) in [5.41, 5.74) is -6.11. The molecule has 4 N–H and O–H groups in total. The van der Waals surface area contributed by atoms with Crippen molar-refractivity contribution in [1.29, 1.82) is 0 Å². The van der Waals surface area contributed by atoms with Crippen molar-refractivity contribution < 1.29 is 51.6 Å². The van der Waals surface area contributed by atoms with Gasteiger partial charge in [-0.3, -0.25) is 4.79 Å². The fourth-order valence-electron chi connectivity index (χ4n) is 4.64. The van der Waals surface area contributed by atoms with Crippen LogP contribution in [0.25, 0.3) is 11.3 Å². The Bertz CT molecular complexity index is 1560. The van der Waals surface area contributed by atoms with E-state index in [1.165, 1.54) is 43.6 Å². The van der Waals surface area contributed by atoms with Crippen LogP contribution in [0.2, 0.25) is 0 Å². The van der Waals surface area contributed by atoms with Gasteiger partial charge < -0.3 is 35.1 Å². The monoisotopic (exact) mass is 605 g/mol. The van der Waals surface area contributed by atoms with E-state index in [2.05, 4.69) is 10.3 Å². The zero-order chi connectivity index (χ0) is 31.2. The lowest BCUT2D eigenvalue weighted by molar-refractivity contribution is -0.200. The fraction of sp³-hybridized carbons (Fsp3) is 0.345. The van der Waals surface area contributed by atoms with E-state index in [9.17, 15) is 37.4 Å². The first kappa shape index (κ1) is 29.9. The van der Waals surface area contributed by atoms with Gasteiger partial charge in [-0.25, -0.2) is 14.2 Å². The highest BCUT2D eigenvalue weighted by molar-refractivity contribution is 5.95. The Kier molecular flexibility index (Phi) is 7.59. The van der Waals surface area contributed by atoms with E-state index in [1.807, 2.05) is 0 Å². The van der Waals surface area contributed by atoms with Crippen LogP contribution in [0.1, 0.15) is 41.4 Å². The summed E-state index contributed by atoms with van der Waals surface area (Å²) in [4.78, 5) is 28.8. The molecule has 0 radical (unpaired) electrons. The predicted molar refractivity (Wildman–Crippen MR) is 143 cm³/mol. The molecule has 3 aromatic rings. The molecule has 2 unspecified atom stereocenters. The molecule has 1 aliphatic carbocycles. The predicted octanol–water partition coefficient (Wildman–Crippen LogP) is 4.49. The number of aromatic nitrogens is 1. The standard InChI is InChI=1S/C29H27F4N3O7/c1-27(40,13-34-25(37)16-5-10-20(21(11-16)41-2)43-18-8-9-18)22-12-19-24(23(35-22)15-3-6-17(30)7-4-15)42-14-28(19,29(31,32)33)36-26(38)39/h3-7,10-12,18,36,40H,8-9,13-14H2,1-2H3,(H,34,37)(H,38,39). The second-order valence-electron chi connectivity index (χ2n) is 10.5. The lowest BCUT2D eigenvalue weighted by atomic mass is 9.87. The number of carbonyl (C=O) groups is 2. The first-order valence-corrected chi connectivity index (χ1v) is 13.1. The van der Waals surface area contributed by atoms with Gasteiger partial charge in [0, 0.05) is 16.7 Å². The van der Waals surface area contributed by atoms with Crippen molar-refractivity contribution in [1.82, 2.24) is 15.6 Å². The number of ether oxygens (including phenoxy) is 3. The number of benzene rings is 2. The third-order valence-corrected chi connectivity index (χ3v) is 7.18. The molecule has 2 heterocycles. The van der Waals surface area contributed by atoms with Crippen molar-refractivity contribution in [2.45, 2.75) is 43.2 Å². The second kappa shape index (κ2) is 10.9. The van der Waals surface area contributed by atoms with E-state index < -0.39 is 53.8 Å². The van der Waals surface area contributed by atoms with Crippen LogP contribution in [0.3, 0.4) is 0 Å². The lowest BCUT2D eigenvalue weighted by Crippen LogP contribution is -2.57. The number of methoxy groups -OCH3 is 1. The van der Waals surface area contributed by atoms with Gasteiger partial charge in [-0.05, 0) is 68.3 Å². The molecule has 1 saturated carbocycles. The number of amides is 2. The number of rotatable bonds is 9. The molecule has 2 aromatic carbocycles. The van der Waals surface area contributed by atoms with Crippen LogP contribution in [-0.4, -0.2) is 59.7 Å². The Morgan fingerprint density at radius 2 is 1.81 bits per heavy atom. The van der Waals surface area contributed by atoms with E-state index in [0.717, 1.165) is 31.0 Å². The SMILES string of the molecule is COc1cc(C(=O)NCC(C)(O)c2cc3c(c(-c4ccc(F)cc4)n2)OCC3(NC(=O)O)C(F)(F)F)ccc1OC1CC1. The molecule has 0 spiro atoms. The number of fused-ring (bicyclic) bond motifs is 1. The topological polar surface area (TPSA) is 139 Å². The van der Waals surface area contributed by atoms with Crippen molar-refractivity contribution in [3.63, 3.8) is 0 Å². The van der Waals surface area contributed by atoms with Crippen molar-refractivity contribution in [3.8, 4) is 28.5 Å². The molecule has 2 amide bonds. The molecule has 1 aliphatic heterocycles. The molecule has 5 rings (SSSR count). The van der Waals surface area contributed by atoms with E-state index in [4.69, 9.17) is 14.2 Å². The number of aliphatic hydroxyl groups is 1. The smallest absolute Gasteiger partial charge is 0.419 e. The molecule has 0 bridgehead atoms. The zero-order valence-corrected chi connectivity index (χ0v) is 22.9. The number of nitrogens with one attached hydrogen (secondary N) is 2. The number of pyridine rings is 1. The molecule has 1 aromatic heterocycles. The maximum absolute atomic E-state index is 14.5.